The molecule has 0 fully saturated rings. The van der Waals surface area contributed by atoms with Crippen molar-refractivity contribution in [1.82, 2.24) is 15.0 Å². The number of aliphatic hydroxyl groups is 1. The standard InChI is InChI=1S/C35H26N4O5/c36-32(42)26-20-31(44-23-14-6-2-7-15-23)27(21-30(26)43-22-12-4-1-5-13-22)35-38-33(24-16-8-3-9-18-28(24)40)37-34(39-35)25-17-10-11-19-29(25)41/h1-2,4-21,40-41H,3H2,(H2,36,42). The number of para-hydroxylation sites is 3. The van der Waals surface area contributed by atoms with Crippen LogP contribution in [0.2, 0.25) is 0 Å². The van der Waals surface area contributed by atoms with Crippen LogP contribution in [0.1, 0.15) is 22.6 Å². The molecule has 0 atom stereocenters. The lowest BCUT2D eigenvalue weighted by Crippen LogP contribution is -2.13. The third kappa shape index (κ3) is 6.02. The van der Waals surface area contributed by atoms with Crippen molar-refractivity contribution in [3.8, 4) is 51.5 Å². The predicted molar refractivity (Wildman–Crippen MR) is 166 cm³/mol. The van der Waals surface area contributed by atoms with Crippen molar-refractivity contribution in [2.24, 2.45) is 5.73 Å². The Bertz CT molecular complexity index is 1940. The number of carbonyl (C=O) groups excluding carboxylic acids is 1. The summed E-state index contributed by atoms with van der Waals surface area (Å²) in [4.78, 5) is 26.7. The van der Waals surface area contributed by atoms with Gasteiger partial charge in [-0.1, -0.05) is 66.8 Å². The van der Waals surface area contributed by atoms with Crippen LogP contribution in [0.3, 0.4) is 0 Å². The van der Waals surface area contributed by atoms with Crippen LogP contribution in [-0.2, 0) is 0 Å². The summed E-state index contributed by atoms with van der Waals surface area (Å²) in [6.45, 7) is 0. The summed E-state index contributed by atoms with van der Waals surface area (Å²) < 4.78 is 12.4. The van der Waals surface area contributed by atoms with E-state index in [1.165, 1.54) is 12.1 Å². The lowest BCUT2D eigenvalue weighted by atomic mass is 10.1. The number of phenolic OH excluding ortho intramolecular Hbond substituents is 1. The summed E-state index contributed by atoms with van der Waals surface area (Å²) in [7, 11) is 0. The number of phenols is 1. The Morgan fingerprint density at radius 1 is 0.659 bits per heavy atom. The van der Waals surface area contributed by atoms with Crippen molar-refractivity contribution in [1.29, 1.82) is 0 Å². The second kappa shape index (κ2) is 12.3. The molecule has 9 heteroatoms. The Labute approximate surface area is 252 Å². The zero-order valence-electron chi connectivity index (χ0n) is 23.3. The summed E-state index contributed by atoms with van der Waals surface area (Å²) in [6.07, 6.45) is 7.60. The van der Waals surface area contributed by atoms with Gasteiger partial charge in [-0.15, -0.1) is 0 Å². The SMILES string of the molecule is NC(=O)c1cc(Oc2ccccc2)c(-c2nc(C3=C(O)C=CCC=C3)nc(-c3ccccc3O)n2)cc1Oc1ccccc1. The molecular formula is C35H26N4O5. The van der Waals surface area contributed by atoms with E-state index in [4.69, 9.17) is 25.2 Å². The average molecular weight is 583 g/mol. The van der Waals surface area contributed by atoms with Crippen LogP contribution in [0.25, 0.3) is 28.3 Å². The van der Waals surface area contributed by atoms with Gasteiger partial charge in [0.15, 0.2) is 17.5 Å². The number of allylic oxidation sites excluding steroid dienone is 5. The van der Waals surface area contributed by atoms with Gasteiger partial charge in [0.25, 0.3) is 5.91 Å². The molecule has 4 N–H and O–H groups in total. The van der Waals surface area contributed by atoms with Crippen molar-refractivity contribution < 1.29 is 24.5 Å². The van der Waals surface area contributed by atoms with Gasteiger partial charge in [-0.25, -0.2) is 15.0 Å². The van der Waals surface area contributed by atoms with Gasteiger partial charge < -0.3 is 25.4 Å². The minimum Gasteiger partial charge on any atom is -0.507 e. The number of aromatic nitrogens is 3. The molecule has 4 aromatic carbocycles. The highest BCUT2D eigenvalue weighted by atomic mass is 16.5. The second-order valence-electron chi connectivity index (χ2n) is 9.70. The number of aromatic hydroxyl groups is 1. The Hall–Kier alpha value is -6.22. The number of hydrogen-bond donors (Lipinski definition) is 3. The number of amides is 1. The third-order valence-corrected chi connectivity index (χ3v) is 6.66. The number of primary amides is 1. The molecule has 6 rings (SSSR count). The van der Waals surface area contributed by atoms with E-state index in [1.807, 2.05) is 36.4 Å². The van der Waals surface area contributed by atoms with E-state index >= 15 is 0 Å². The highest BCUT2D eigenvalue weighted by Crippen LogP contribution is 2.40. The van der Waals surface area contributed by atoms with Gasteiger partial charge >= 0.3 is 0 Å². The first-order chi connectivity index (χ1) is 21.5. The molecule has 0 aliphatic heterocycles. The van der Waals surface area contributed by atoms with Gasteiger partial charge in [0.05, 0.1) is 22.3 Å². The molecule has 0 spiro atoms. The number of benzene rings is 4. The van der Waals surface area contributed by atoms with Crippen LogP contribution in [0.4, 0.5) is 0 Å². The first-order valence-corrected chi connectivity index (χ1v) is 13.7. The highest BCUT2D eigenvalue weighted by molar-refractivity contribution is 5.97. The van der Waals surface area contributed by atoms with Crippen molar-refractivity contribution in [2.45, 2.75) is 6.42 Å². The summed E-state index contributed by atoms with van der Waals surface area (Å²) in [5.41, 5.74) is 6.93. The summed E-state index contributed by atoms with van der Waals surface area (Å²) >= 11 is 0. The van der Waals surface area contributed by atoms with Gasteiger partial charge in [0.2, 0.25) is 0 Å². The molecule has 1 amide bonds. The average Bonchev–Trinajstić information content (AvgIpc) is 3.26. The van der Waals surface area contributed by atoms with E-state index in [2.05, 4.69) is 4.98 Å². The molecule has 44 heavy (non-hydrogen) atoms. The fourth-order valence-electron chi connectivity index (χ4n) is 4.54. The summed E-state index contributed by atoms with van der Waals surface area (Å²) in [6, 6.07) is 27.7. The van der Waals surface area contributed by atoms with E-state index in [0.717, 1.165) is 0 Å². The first-order valence-electron chi connectivity index (χ1n) is 13.7. The van der Waals surface area contributed by atoms with Gasteiger partial charge in [-0.2, -0.15) is 0 Å². The summed E-state index contributed by atoms with van der Waals surface area (Å²) in [5, 5.41) is 21.5. The molecule has 216 valence electrons. The number of carbonyl (C=O) groups is 1. The smallest absolute Gasteiger partial charge is 0.252 e. The maximum Gasteiger partial charge on any atom is 0.252 e. The molecule has 1 aliphatic carbocycles. The normalized spacial score (nSPS) is 12.5. The molecule has 0 saturated heterocycles. The Kier molecular flexibility index (Phi) is 7.83. The Morgan fingerprint density at radius 3 is 1.89 bits per heavy atom. The zero-order chi connectivity index (χ0) is 30.5. The van der Waals surface area contributed by atoms with E-state index in [-0.39, 0.29) is 46.0 Å². The quantitative estimate of drug-likeness (QED) is 0.172. The van der Waals surface area contributed by atoms with E-state index in [0.29, 0.717) is 34.6 Å². The maximum absolute atomic E-state index is 12.6. The molecular weight excluding hydrogens is 556 g/mol. The van der Waals surface area contributed by atoms with Crippen LogP contribution in [0.15, 0.2) is 127 Å². The second-order valence-corrected chi connectivity index (χ2v) is 9.70. The number of aliphatic hydroxyl groups excluding tert-OH is 1. The van der Waals surface area contributed by atoms with Crippen molar-refractivity contribution >= 4 is 11.5 Å². The maximum atomic E-state index is 12.6. The van der Waals surface area contributed by atoms with Gasteiger partial charge in [-0.3, -0.25) is 4.79 Å². The van der Waals surface area contributed by atoms with E-state index in [1.54, 1.807) is 72.8 Å². The Balaban J connectivity index is 1.62. The third-order valence-electron chi connectivity index (χ3n) is 6.66. The van der Waals surface area contributed by atoms with Gasteiger partial charge in [0.1, 0.15) is 34.5 Å². The zero-order valence-corrected chi connectivity index (χ0v) is 23.3. The topological polar surface area (TPSA) is 141 Å². The van der Waals surface area contributed by atoms with Crippen LogP contribution in [0.5, 0.6) is 28.7 Å². The van der Waals surface area contributed by atoms with Crippen molar-refractivity contribution in [2.75, 3.05) is 0 Å². The number of rotatable bonds is 8. The molecule has 5 aromatic rings. The molecule has 0 bridgehead atoms. The summed E-state index contributed by atoms with van der Waals surface area (Å²) in [5.74, 6) is 1.00. The number of ether oxygens (including phenoxy) is 2. The van der Waals surface area contributed by atoms with E-state index < -0.39 is 5.91 Å². The minimum absolute atomic E-state index is 0.0305. The Morgan fingerprint density at radius 2 is 1.23 bits per heavy atom. The van der Waals surface area contributed by atoms with Crippen LogP contribution < -0.4 is 15.2 Å². The molecule has 0 radical (unpaired) electrons. The number of nitrogens with zero attached hydrogens (tertiary/aromatic N) is 3. The fourth-order valence-corrected chi connectivity index (χ4v) is 4.54. The highest BCUT2D eigenvalue weighted by Gasteiger charge is 2.23. The lowest BCUT2D eigenvalue weighted by Gasteiger charge is -2.17. The minimum atomic E-state index is -0.725. The van der Waals surface area contributed by atoms with Crippen LogP contribution in [0, 0.1) is 0 Å². The van der Waals surface area contributed by atoms with Crippen molar-refractivity contribution in [3.63, 3.8) is 0 Å². The molecule has 1 aromatic heterocycles. The van der Waals surface area contributed by atoms with Crippen molar-refractivity contribution in [3.05, 3.63) is 139 Å². The van der Waals surface area contributed by atoms with Gasteiger partial charge in [-0.05, 0) is 61.0 Å². The first kappa shape index (κ1) is 27.9. The lowest BCUT2D eigenvalue weighted by molar-refractivity contribution is 0.0997. The molecule has 1 aliphatic rings. The van der Waals surface area contributed by atoms with Gasteiger partial charge in [0, 0.05) is 0 Å². The number of hydrogen-bond acceptors (Lipinski definition) is 8. The molecule has 0 unspecified atom stereocenters. The largest absolute Gasteiger partial charge is 0.507 e. The van der Waals surface area contributed by atoms with E-state index in [9.17, 15) is 15.0 Å². The van der Waals surface area contributed by atoms with Crippen LogP contribution >= 0.6 is 0 Å². The van der Waals surface area contributed by atoms with Crippen LogP contribution in [-0.4, -0.2) is 31.1 Å². The fraction of sp³-hybridized carbons (Fsp3) is 0.0286. The molecule has 9 nitrogen and oxygen atoms in total. The predicted octanol–water partition coefficient (Wildman–Crippen LogP) is 7.38. The monoisotopic (exact) mass is 582 g/mol. The molecule has 1 heterocycles. The molecule has 0 saturated carbocycles. The number of nitrogens with two attached hydrogens (primary N) is 1.